The number of ketones is 1. The molecular weight excluding hydrogens is 306 g/mol. The van der Waals surface area contributed by atoms with Crippen LogP contribution in [-0.2, 0) is 13.5 Å². The van der Waals surface area contributed by atoms with Gasteiger partial charge in [0.2, 0.25) is 0 Å². The van der Waals surface area contributed by atoms with Gasteiger partial charge in [-0.3, -0.25) is 4.79 Å². The zero-order valence-electron chi connectivity index (χ0n) is 15.9. The normalized spacial score (nSPS) is 15.2. The molecule has 2 nitrogen and oxygen atoms in total. The summed E-state index contributed by atoms with van der Waals surface area (Å²) in [6.07, 6.45) is 7.74. The molecule has 0 atom stereocenters. The molecule has 3 rings (SSSR count). The molecule has 1 fully saturated rings. The summed E-state index contributed by atoms with van der Waals surface area (Å²) in [6, 6.07) is 13.1. The van der Waals surface area contributed by atoms with Crippen molar-refractivity contribution in [3.8, 4) is 0 Å². The number of aryl methyl sites for hydroxylation is 1. The highest BCUT2D eigenvalue weighted by Gasteiger charge is 2.22. The molecule has 0 bridgehead atoms. The fourth-order valence-corrected chi connectivity index (χ4v) is 4.09. The van der Waals surface area contributed by atoms with Gasteiger partial charge in [0, 0.05) is 19.2 Å². The maximum absolute atomic E-state index is 12.6. The van der Waals surface area contributed by atoms with Crippen LogP contribution in [0.25, 0.3) is 0 Å². The van der Waals surface area contributed by atoms with Crippen LogP contribution < -0.4 is 0 Å². The quantitative estimate of drug-likeness (QED) is 0.567. The van der Waals surface area contributed by atoms with Crippen LogP contribution in [0.3, 0.4) is 0 Å². The second-order valence-electron chi connectivity index (χ2n) is 7.86. The Bertz CT molecular complexity index is 702. The van der Waals surface area contributed by atoms with Crippen LogP contribution in [0.4, 0.5) is 0 Å². The average molecular weight is 338 g/mol. The molecule has 1 heterocycles. The summed E-state index contributed by atoms with van der Waals surface area (Å²) in [6.45, 7) is 4.43. The SMILES string of the molecule is CC(C)c1ccc(CCCC(=O)c2ccc(C3CCCC3)n2C)cc1. The molecule has 0 spiro atoms. The fourth-order valence-electron chi connectivity index (χ4n) is 4.09. The smallest absolute Gasteiger partial charge is 0.179 e. The molecule has 1 aliphatic rings. The Labute approximate surface area is 152 Å². The Hall–Kier alpha value is -1.83. The zero-order chi connectivity index (χ0) is 17.8. The number of rotatable bonds is 7. The number of carbonyl (C=O) groups is 1. The monoisotopic (exact) mass is 337 g/mol. The molecule has 1 aliphatic carbocycles. The molecular formula is C23H31NO. The molecule has 2 aromatic rings. The molecule has 25 heavy (non-hydrogen) atoms. The lowest BCUT2D eigenvalue weighted by Gasteiger charge is -2.12. The third-order valence-corrected chi connectivity index (χ3v) is 5.74. The highest BCUT2D eigenvalue weighted by atomic mass is 16.1. The van der Waals surface area contributed by atoms with Gasteiger partial charge >= 0.3 is 0 Å². The minimum Gasteiger partial charge on any atom is -0.345 e. The minimum absolute atomic E-state index is 0.283. The largest absolute Gasteiger partial charge is 0.345 e. The van der Waals surface area contributed by atoms with Crippen LogP contribution in [0.5, 0.6) is 0 Å². The topological polar surface area (TPSA) is 22.0 Å². The Morgan fingerprint density at radius 1 is 1.08 bits per heavy atom. The van der Waals surface area contributed by atoms with E-state index in [0.717, 1.165) is 18.5 Å². The molecule has 0 saturated heterocycles. The van der Waals surface area contributed by atoms with Crippen molar-refractivity contribution in [2.45, 2.75) is 70.6 Å². The summed E-state index contributed by atoms with van der Waals surface area (Å²) >= 11 is 0. The zero-order valence-corrected chi connectivity index (χ0v) is 15.9. The lowest BCUT2D eigenvalue weighted by atomic mass is 9.99. The molecule has 0 radical (unpaired) electrons. The molecule has 0 N–H and O–H groups in total. The second kappa shape index (κ2) is 8.03. The minimum atomic E-state index is 0.283. The van der Waals surface area contributed by atoms with Crippen LogP contribution in [0.2, 0.25) is 0 Å². The van der Waals surface area contributed by atoms with E-state index in [9.17, 15) is 4.79 Å². The highest BCUT2D eigenvalue weighted by Crippen LogP contribution is 2.34. The van der Waals surface area contributed by atoms with Gasteiger partial charge in [-0.1, -0.05) is 51.0 Å². The van der Waals surface area contributed by atoms with Gasteiger partial charge in [-0.25, -0.2) is 0 Å². The highest BCUT2D eigenvalue weighted by molar-refractivity contribution is 5.94. The van der Waals surface area contributed by atoms with E-state index in [1.807, 2.05) is 6.07 Å². The molecule has 0 amide bonds. The predicted molar refractivity (Wildman–Crippen MR) is 104 cm³/mol. The lowest BCUT2D eigenvalue weighted by Crippen LogP contribution is -2.10. The molecule has 1 saturated carbocycles. The van der Waals surface area contributed by atoms with Crippen molar-refractivity contribution in [1.29, 1.82) is 0 Å². The maximum atomic E-state index is 12.6. The van der Waals surface area contributed by atoms with Gasteiger partial charge in [0.15, 0.2) is 5.78 Å². The molecule has 0 unspecified atom stereocenters. The van der Waals surface area contributed by atoms with E-state index in [4.69, 9.17) is 0 Å². The summed E-state index contributed by atoms with van der Waals surface area (Å²) in [5.74, 6) is 1.51. The van der Waals surface area contributed by atoms with Gasteiger partial charge in [-0.15, -0.1) is 0 Å². The van der Waals surface area contributed by atoms with E-state index in [1.54, 1.807) is 0 Å². The van der Waals surface area contributed by atoms with Crippen LogP contribution in [0.15, 0.2) is 36.4 Å². The van der Waals surface area contributed by atoms with Gasteiger partial charge in [-0.05, 0) is 60.8 Å². The Balaban J connectivity index is 1.54. The number of nitrogens with zero attached hydrogens (tertiary/aromatic N) is 1. The summed E-state index contributed by atoms with van der Waals surface area (Å²) < 4.78 is 2.15. The Morgan fingerprint density at radius 2 is 1.76 bits per heavy atom. The summed E-state index contributed by atoms with van der Waals surface area (Å²) in [4.78, 5) is 12.6. The average Bonchev–Trinajstić information content (AvgIpc) is 3.24. The van der Waals surface area contributed by atoms with E-state index in [-0.39, 0.29) is 5.78 Å². The number of benzene rings is 1. The van der Waals surface area contributed by atoms with E-state index in [1.165, 1.54) is 42.5 Å². The van der Waals surface area contributed by atoms with Crippen LogP contribution in [-0.4, -0.2) is 10.4 Å². The third-order valence-electron chi connectivity index (χ3n) is 5.74. The fraction of sp³-hybridized carbons (Fsp3) is 0.522. The van der Waals surface area contributed by atoms with Crippen molar-refractivity contribution in [2.24, 2.45) is 7.05 Å². The van der Waals surface area contributed by atoms with Gasteiger partial charge in [0.25, 0.3) is 0 Å². The van der Waals surface area contributed by atoms with Crippen molar-refractivity contribution in [3.63, 3.8) is 0 Å². The van der Waals surface area contributed by atoms with Crippen molar-refractivity contribution in [2.75, 3.05) is 0 Å². The summed E-state index contributed by atoms with van der Waals surface area (Å²) in [5, 5.41) is 0. The first kappa shape index (κ1) is 18.0. The van der Waals surface area contributed by atoms with Crippen molar-refractivity contribution in [1.82, 2.24) is 4.57 Å². The molecule has 134 valence electrons. The molecule has 2 heteroatoms. The van der Waals surface area contributed by atoms with Gasteiger partial charge < -0.3 is 4.57 Å². The molecule has 0 aliphatic heterocycles. The Kier molecular flexibility index (Phi) is 5.78. The van der Waals surface area contributed by atoms with E-state index < -0.39 is 0 Å². The lowest BCUT2D eigenvalue weighted by molar-refractivity contribution is 0.0972. The van der Waals surface area contributed by atoms with E-state index in [2.05, 4.69) is 55.8 Å². The summed E-state index contributed by atoms with van der Waals surface area (Å²) in [5.41, 5.74) is 4.95. The Morgan fingerprint density at radius 3 is 2.40 bits per heavy atom. The molecule has 1 aromatic heterocycles. The number of Topliss-reactive ketones (excluding diaryl/α,β-unsaturated/α-hetero) is 1. The van der Waals surface area contributed by atoms with Crippen molar-refractivity contribution < 1.29 is 4.79 Å². The van der Waals surface area contributed by atoms with Gasteiger partial charge in [-0.2, -0.15) is 0 Å². The number of hydrogen-bond acceptors (Lipinski definition) is 1. The first-order valence-electron chi connectivity index (χ1n) is 9.84. The number of aromatic nitrogens is 1. The van der Waals surface area contributed by atoms with Crippen LogP contribution in [0, 0.1) is 0 Å². The van der Waals surface area contributed by atoms with Crippen molar-refractivity contribution >= 4 is 5.78 Å². The van der Waals surface area contributed by atoms with Gasteiger partial charge in [0.1, 0.15) is 0 Å². The maximum Gasteiger partial charge on any atom is 0.179 e. The van der Waals surface area contributed by atoms with Gasteiger partial charge in [0.05, 0.1) is 5.69 Å². The molecule has 1 aromatic carbocycles. The van der Waals surface area contributed by atoms with E-state index >= 15 is 0 Å². The van der Waals surface area contributed by atoms with E-state index in [0.29, 0.717) is 18.3 Å². The van der Waals surface area contributed by atoms with Crippen LogP contribution in [0.1, 0.15) is 91.5 Å². The standard InChI is InChI=1S/C23H31NO/c1-17(2)19-13-11-18(12-14-19)7-6-10-23(25)22-16-15-21(24(22)3)20-8-4-5-9-20/h11-17,20H,4-10H2,1-3H3. The summed E-state index contributed by atoms with van der Waals surface area (Å²) in [7, 11) is 2.06. The van der Waals surface area contributed by atoms with Crippen molar-refractivity contribution in [3.05, 3.63) is 58.9 Å². The first-order chi connectivity index (χ1) is 12.1. The third kappa shape index (κ3) is 4.23. The number of hydrogen-bond donors (Lipinski definition) is 0. The predicted octanol–water partition coefficient (Wildman–Crippen LogP) is 6.01. The second-order valence-corrected chi connectivity index (χ2v) is 7.86. The first-order valence-corrected chi connectivity index (χ1v) is 9.84. The number of carbonyl (C=O) groups excluding carboxylic acids is 1. The van der Waals surface area contributed by atoms with Crippen LogP contribution >= 0.6 is 0 Å².